The van der Waals surface area contributed by atoms with Crippen LogP contribution in [0.2, 0.25) is 0 Å². The third-order valence-electron chi connectivity index (χ3n) is 2.66. The summed E-state index contributed by atoms with van der Waals surface area (Å²) in [6.45, 7) is 0.962. The summed E-state index contributed by atoms with van der Waals surface area (Å²) in [6, 6.07) is 4.33. The summed E-state index contributed by atoms with van der Waals surface area (Å²) in [5, 5.41) is 3.29. The maximum Gasteiger partial charge on any atom is 0.159 e. The van der Waals surface area contributed by atoms with E-state index in [0.717, 1.165) is 24.9 Å². The average Bonchev–Trinajstić information content (AvgIpc) is 2.23. The van der Waals surface area contributed by atoms with E-state index in [-0.39, 0.29) is 18.4 Å². The van der Waals surface area contributed by atoms with Gasteiger partial charge in [-0.15, -0.1) is 12.4 Å². The van der Waals surface area contributed by atoms with Crippen molar-refractivity contribution in [3.63, 3.8) is 0 Å². The highest BCUT2D eigenvalue weighted by Gasteiger charge is 2.15. The van der Waals surface area contributed by atoms with E-state index in [9.17, 15) is 8.78 Å². The van der Waals surface area contributed by atoms with Gasteiger partial charge >= 0.3 is 0 Å². The summed E-state index contributed by atoms with van der Waals surface area (Å²) < 4.78 is 25.6. The number of hydrogen-bond donors (Lipinski definition) is 1. The Morgan fingerprint density at radius 1 is 1.13 bits per heavy atom. The van der Waals surface area contributed by atoms with Crippen molar-refractivity contribution in [2.45, 2.75) is 25.3 Å². The first-order valence-electron chi connectivity index (χ1n) is 4.96. The minimum Gasteiger partial charge on any atom is -0.310 e. The summed E-state index contributed by atoms with van der Waals surface area (Å²) in [6.07, 6.45) is 3.32. The van der Waals surface area contributed by atoms with Crippen LogP contribution in [0.1, 0.15) is 30.9 Å². The highest BCUT2D eigenvalue weighted by molar-refractivity contribution is 5.85. The van der Waals surface area contributed by atoms with Gasteiger partial charge in [-0.3, -0.25) is 0 Å². The van der Waals surface area contributed by atoms with Crippen LogP contribution >= 0.6 is 12.4 Å². The minimum absolute atomic E-state index is 0. The number of hydrogen-bond acceptors (Lipinski definition) is 1. The zero-order chi connectivity index (χ0) is 9.97. The van der Waals surface area contributed by atoms with Gasteiger partial charge in [-0.2, -0.15) is 0 Å². The van der Waals surface area contributed by atoms with Crippen molar-refractivity contribution >= 4 is 12.4 Å². The van der Waals surface area contributed by atoms with Crippen molar-refractivity contribution in [1.29, 1.82) is 0 Å². The van der Waals surface area contributed by atoms with Crippen LogP contribution in [0, 0.1) is 11.6 Å². The molecule has 1 aliphatic rings. The predicted octanol–water partition coefficient (Wildman–Crippen LogP) is 3.20. The van der Waals surface area contributed by atoms with Crippen molar-refractivity contribution in [3.8, 4) is 0 Å². The summed E-state index contributed by atoms with van der Waals surface area (Å²) in [4.78, 5) is 0. The lowest BCUT2D eigenvalue weighted by molar-refractivity contribution is 0.409. The second-order valence-corrected chi connectivity index (χ2v) is 3.68. The SMILES string of the molecule is Cl.Fc1ccc([C@@H]2CCCCN2)cc1F. The molecule has 1 nitrogen and oxygen atoms in total. The van der Waals surface area contributed by atoms with E-state index in [1.807, 2.05) is 0 Å². The Morgan fingerprint density at radius 2 is 1.93 bits per heavy atom. The quantitative estimate of drug-likeness (QED) is 0.786. The second-order valence-electron chi connectivity index (χ2n) is 3.68. The average molecular weight is 234 g/mol. The number of benzene rings is 1. The van der Waals surface area contributed by atoms with E-state index >= 15 is 0 Å². The first kappa shape index (κ1) is 12.4. The maximum absolute atomic E-state index is 12.9. The van der Waals surface area contributed by atoms with E-state index in [4.69, 9.17) is 0 Å². The van der Waals surface area contributed by atoms with Gasteiger partial charge in [-0.25, -0.2) is 8.78 Å². The Balaban J connectivity index is 0.00000112. The molecule has 0 radical (unpaired) electrons. The standard InChI is InChI=1S/C11H13F2N.ClH/c12-9-5-4-8(7-10(9)13)11-3-1-2-6-14-11;/h4-5,7,11,14H,1-3,6H2;1H/t11-;/m0./s1. The van der Waals surface area contributed by atoms with E-state index in [1.165, 1.54) is 18.6 Å². The summed E-state index contributed by atoms with van der Waals surface area (Å²) in [7, 11) is 0. The molecule has 1 aromatic carbocycles. The van der Waals surface area contributed by atoms with Gasteiger partial charge in [0, 0.05) is 6.04 Å². The van der Waals surface area contributed by atoms with E-state index in [1.54, 1.807) is 6.07 Å². The Morgan fingerprint density at radius 3 is 2.53 bits per heavy atom. The van der Waals surface area contributed by atoms with E-state index in [2.05, 4.69) is 5.32 Å². The fraction of sp³-hybridized carbons (Fsp3) is 0.455. The molecule has 1 atom stereocenters. The van der Waals surface area contributed by atoms with Gasteiger partial charge in [0.25, 0.3) is 0 Å². The topological polar surface area (TPSA) is 12.0 Å². The van der Waals surface area contributed by atoms with Crippen molar-refractivity contribution in [1.82, 2.24) is 5.32 Å². The molecular weight excluding hydrogens is 220 g/mol. The smallest absolute Gasteiger partial charge is 0.159 e. The van der Waals surface area contributed by atoms with Crippen LogP contribution in [0.25, 0.3) is 0 Å². The maximum atomic E-state index is 12.9. The molecule has 1 aliphatic heterocycles. The largest absolute Gasteiger partial charge is 0.310 e. The van der Waals surface area contributed by atoms with Gasteiger partial charge in [0.1, 0.15) is 0 Å². The molecule has 0 spiro atoms. The molecule has 84 valence electrons. The van der Waals surface area contributed by atoms with Crippen LogP contribution in [-0.4, -0.2) is 6.54 Å². The monoisotopic (exact) mass is 233 g/mol. The second kappa shape index (κ2) is 5.42. The molecule has 2 rings (SSSR count). The fourth-order valence-corrected chi connectivity index (χ4v) is 1.87. The molecule has 0 aliphatic carbocycles. The lowest BCUT2D eigenvalue weighted by Gasteiger charge is -2.23. The molecule has 0 unspecified atom stereocenters. The van der Waals surface area contributed by atoms with Crippen LogP contribution in [0.15, 0.2) is 18.2 Å². The van der Waals surface area contributed by atoms with Crippen molar-refractivity contribution < 1.29 is 8.78 Å². The summed E-state index contributed by atoms with van der Waals surface area (Å²) in [5.41, 5.74) is 0.851. The van der Waals surface area contributed by atoms with Gasteiger partial charge in [-0.1, -0.05) is 12.5 Å². The molecule has 4 heteroatoms. The van der Waals surface area contributed by atoms with Crippen LogP contribution in [0.3, 0.4) is 0 Å². The molecule has 15 heavy (non-hydrogen) atoms. The van der Waals surface area contributed by atoms with Gasteiger partial charge in [0.05, 0.1) is 0 Å². The van der Waals surface area contributed by atoms with Crippen molar-refractivity contribution in [2.75, 3.05) is 6.54 Å². The lowest BCUT2D eigenvalue weighted by Crippen LogP contribution is -2.26. The molecule has 0 saturated carbocycles. The Kier molecular flexibility index (Phi) is 4.48. The van der Waals surface area contributed by atoms with Gasteiger partial charge in [0.15, 0.2) is 11.6 Å². The zero-order valence-electron chi connectivity index (χ0n) is 8.30. The van der Waals surface area contributed by atoms with Crippen LogP contribution in [-0.2, 0) is 0 Å². The van der Waals surface area contributed by atoms with Crippen LogP contribution in [0.5, 0.6) is 0 Å². The van der Waals surface area contributed by atoms with Crippen LogP contribution < -0.4 is 5.32 Å². The molecule has 1 aromatic rings. The van der Waals surface area contributed by atoms with Gasteiger partial charge in [0.2, 0.25) is 0 Å². The molecular formula is C11H14ClF2N. The summed E-state index contributed by atoms with van der Waals surface area (Å²) in [5.74, 6) is -1.53. The third kappa shape index (κ3) is 2.89. The van der Waals surface area contributed by atoms with Crippen molar-refractivity contribution in [2.24, 2.45) is 0 Å². The normalized spacial score (nSPS) is 20.8. The molecule has 0 aromatic heterocycles. The first-order valence-corrected chi connectivity index (χ1v) is 4.96. The van der Waals surface area contributed by atoms with Gasteiger partial charge < -0.3 is 5.32 Å². The molecule has 1 fully saturated rings. The Labute approximate surface area is 94.3 Å². The van der Waals surface area contributed by atoms with Crippen molar-refractivity contribution in [3.05, 3.63) is 35.4 Å². The molecule has 0 bridgehead atoms. The van der Waals surface area contributed by atoms with E-state index < -0.39 is 11.6 Å². The zero-order valence-corrected chi connectivity index (χ0v) is 9.12. The van der Waals surface area contributed by atoms with Crippen LogP contribution in [0.4, 0.5) is 8.78 Å². The fourth-order valence-electron chi connectivity index (χ4n) is 1.87. The number of rotatable bonds is 1. The Hall–Kier alpha value is -0.670. The highest BCUT2D eigenvalue weighted by Crippen LogP contribution is 2.23. The predicted molar refractivity (Wildman–Crippen MR) is 58.2 cm³/mol. The highest BCUT2D eigenvalue weighted by atomic mass is 35.5. The molecule has 1 saturated heterocycles. The number of piperidine rings is 1. The van der Waals surface area contributed by atoms with Gasteiger partial charge in [-0.05, 0) is 37.1 Å². The third-order valence-corrected chi connectivity index (χ3v) is 2.66. The number of halogens is 3. The molecule has 1 N–H and O–H groups in total. The lowest BCUT2D eigenvalue weighted by atomic mass is 9.97. The molecule has 1 heterocycles. The van der Waals surface area contributed by atoms with E-state index in [0.29, 0.717) is 0 Å². The minimum atomic E-state index is -0.774. The Bertz CT molecular complexity index is 324. The number of nitrogens with one attached hydrogen (secondary N) is 1. The first-order chi connectivity index (χ1) is 6.77. The summed E-state index contributed by atoms with van der Waals surface area (Å²) >= 11 is 0. The molecule has 0 amide bonds.